The highest BCUT2D eigenvalue weighted by Crippen LogP contribution is 2.22. The molecule has 4 nitrogen and oxygen atoms in total. The Morgan fingerprint density at radius 1 is 1.11 bits per heavy atom. The SMILES string of the molecule is Cc1cc(CCCCCC[n+]2ccc(NC(=O)OC(C)(C)C)cc2)c(C)s1. The van der Waals surface area contributed by atoms with Crippen LogP contribution in [0.4, 0.5) is 10.5 Å². The second-order valence-electron chi connectivity index (χ2n) is 8.05. The quantitative estimate of drug-likeness (QED) is 0.458. The second-order valence-corrected chi connectivity index (χ2v) is 9.51. The number of aromatic nitrogens is 1. The summed E-state index contributed by atoms with van der Waals surface area (Å²) < 4.78 is 7.42. The number of rotatable bonds is 8. The molecule has 0 unspecified atom stereocenters. The molecule has 1 N–H and O–H groups in total. The van der Waals surface area contributed by atoms with Crippen LogP contribution in [0.3, 0.4) is 0 Å². The van der Waals surface area contributed by atoms with Crippen molar-refractivity contribution >= 4 is 23.1 Å². The van der Waals surface area contributed by atoms with Gasteiger partial charge < -0.3 is 4.74 Å². The lowest BCUT2D eigenvalue weighted by Crippen LogP contribution is -2.33. The van der Waals surface area contributed by atoms with Gasteiger partial charge in [0.1, 0.15) is 12.1 Å². The number of unbranched alkanes of at least 4 members (excludes halogenated alkanes) is 3. The molecule has 0 aliphatic heterocycles. The molecule has 148 valence electrons. The van der Waals surface area contributed by atoms with E-state index >= 15 is 0 Å². The van der Waals surface area contributed by atoms with E-state index in [4.69, 9.17) is 4.74 Å². The van der Waals surface area contributed by atoms with Gasteiger partial charge in [0.2, 0.25) is 0 Å². The minimum absolute atomic E-state index is 0.420. The standard InChI is InChI=1S/C22H32N2O2S/c1-17-16-19(18(2)27-17)10-8-6-7-9-13-24-14-11-20(12-15-24)23-21(25)26-22(3,4)5/h11-12,14-16H,6-10,13H2,1-5H3/p+1. The first-order chi connectivity index (χ1) is 12.7. The van der Waals surface area contributed by atoms with Crippen molar-refractivity contribution < 1.29 is 14.1 Å². The van der Waals surface area contributed by atoms with Crippen molar-refractivity contribution in [2.24, 2.45) is 0 Å². The lowest BCUT2D eigenvalue weighted by atomic mass is 10.1. The highest BCUT2D eigenvalue weighted by molar-refractivity contribution is 7.12. The van der Waals surface area contributed by atoms with E-state index in [1.807, 2.05) is 56.6 Å². The zero-order valence-corrected chi connectivity index (χ0v) is 18.1. The van der Waals surface area contributed by atoms with Crippen LogP contribution in [0.25, 0.3) is 0 Å². The van der Waals surface area contributed by atoms with E-state index in [2.05, 4.69) is 29.8 Å². The van der Waals surface area contributed by atoms with Crippen LogP contribution in [-0.2, 0) is 17.7 Å². The smallest absolute Gasteiger partial charge is 0.412 e. The molecule has 0 saturated carbocycles. The van der Waals surface area contributed by atoms with Crippen molar-refractivity contribution in [3.8, 4) is 0 Å². The molecule has 0 fully saturated rings. The van der Waals surface area contributed by atoms with E-state index < -0.39 is 11.7 Å². The zero-order valence-electron chi connectivity index (χ0n) is 17.3. The minimum atomic E-state index is -0.486. The third-order valence-corrected chi connectivity index (χ3v) is 5.30. The molecule has 1 amide bonds. The lowest BCUT2D eigenvalue weighted by molar-refractivity contribution is -0.697. The summed E-state index contributed by atoms with van der Waals surface area (Å²) in [6.45, 7) is 11.0. The molecule has 0 aromatic carbocycles. The van der Waals surface area contributed by atoms with Crippen molar-refractivity contribution in [3.05, 3.63) is 45.9 Å². The Morgan fingerprint density at radius 2 is 1.78 bits per heavy atom. The summed E-state index contributed by atoms with van der Waals surface area (Å²) in [7, 11) is 0. The Balaban J connectivity index is 1.63. The van der Waals surface area contributed by atoms with Crippen LogP contribution in [-0.4, -0.2) is 11.7 Å². The molecule has 2 aromatic rings. The van der Waals surface area contributed by atoms with Crippen molar-refractivity contribution in [2.45, 2.75) is 78.9 Å². The van der Waals surface area contributed by atoms with Gasteiger partial charge in [-0.25, -0.2) is 9.36 Å². The van der Waals surface area contributed by atoms with Crippen LogP contribution in [0.5, 0.6) is 0 Å². The first-order valence-corrected chi connectivity index (χ1v) is 10.6. The van der Waals surface area contributed by atoms with E-state index in [0.29, 0.717) is 0 Å². The van der Waals surface area contributed by atoms with Gasteiger partial charge in [0.25, 0.3) is 0 Å². The summed E-state index contributed by atoms with van der Waals surface area (Å²) in [6.07, 6.45) is 9.74. The Hall–Kier alpha value is -1.88. The molecule has 2 rings (SSSR count). The largest absolute Gasteiger partial charge is 0.444 e. The van der Waals surface area contributed by atoms with Crippen molar-refractivity contribution in [1.82, 2.24) is 0 Å². The van der Waals surface area contributed by atoms with E-state index in [-0.39, 0.29) is 0 Å². The van der Waals surface area contributed by atoms with Gasteiger partial charge >= 0.3 is 6.09 Å². The molecule has 0 spiro atoms. The Kier molecular flexibility index (Phi) is 7.84. The van der Waals surface area contributed by atoms with Gasteiger partial charge in [-0.05, 0) is 65.5 Å². The average molecular weight is 390 g/mol. The van der Waals surface area contributed by atoms with Gasteiger partial charge in [-0.3, -0.25) is 5.32 Å². The number of hydrogen-bond acceptors (Lipinski definition) is 3. The summed E-state index contributed by atoms with van der Waals surface area (Å²) in [5.41, 5.74) is 1.79. The van der Waals surface area contributed by atoms with E-state index in [1.165, 1.54) is 47.4 Å². The van der Waals surface area contributed by atoms with Crippen molar-refractivity contribution in [3.63, 3.8) is 0 Å². The van der Waals surface area contributed by atoms with Gasteiger partial charge in [0.15, 0.2) is 12.4 Å². The van der Waals surface area contributed by atoms with Crippen molar-refractivity contribution in [1.29, 1.82) is 0 Å². The third-order valence-electron chi connectivity index (χ3n) is 4.29. The third kappa shape index (κ3) is 8.12. The highest BCUT2D eigenvalue weighted by Gasteiger charge is 2.16. The molecular formula is C22H33N2O2S+. The number of carbonyl (C=O) groups excluding carboxylic acids is 1. The van der Waals surface area contributed by atoms with Crippen LogP contribution in [0.15, 0.2) is 30.6 Å². The first-order valence-electron chi connectivity index (χ1n) is 9.78. The van der Waals surface area contributed by atoms with E-state index in [1.54, 1.807) is 0 Å². The predicted molar refractivity (Wildman–Crippen MR) is 112 cm³/mol. The van der Waals surface area contributed by atoms with Gasteiger partial charge in [-0.1, -0.05) is 6.42 Å². The molecule has 0 aliphatic rings. The number of nitrogens with zero attached hydrogens (tertiary/aromatic N) is 1. The van der Waals surface area contributed by atoms with Crippen LogP contribution in [0.1, 0.15) is 61.8 Å². The maximum absolute atomic E-state index is 11.8. The number of thiophene rings is 1. The molecule has 0 saturated heterocycles. The molecule has 27 heavy (non-hydrogen) atoms. The molecule has 0 aliphatic carbocycles. The minimum Gasteiger partial charge on any atom is -0.444 e. The van der Waals surface area contributed by atoms with Crippen LogP contribution < -0.4 is 9.88 Å². The summed E-state index contributed by atoms with van der Waals surface area (Å²) in [5.74, 6) is 0. The normalized spacial score (nSPS) is 11.4. The van der Waals surface area contributed by atoms with Crippen LogP contribution in [0, 0.1) is 13.8 Å². The highest BCUT2D eigenvalue weighted by atomic mass is 32.1. The second kappa shape index (κ2) is 9.88. The number of ether oxygens (including phenoxy) is 1. The molecule has 0 bridgehead atoms. The van der Waals surface area contributed by atoms with Gasteiger partial charge in [-0.2, -0.15) is 0 Å². The maximum atomic E-state index is 11.8. The lowest BCUT2D eigenvalue weighted by Gasteiger charge is -2.19. The number of amides is 1. The van der Waals surface area contributed by atoms with Gasteiger partial charge in [-0.15, -0.1) is 11.3 Å². The molecular weight excluding hydrogens is 356 g/mol. The first kappa shape index (κ1) is 21.4. The molecule has 2 heterocycles. The number of pyridine rings is 1. The zero-order chi connectivity index (χ0) is 19.9. The van der Waals surface area contributed by atoms with Crippen LogP contribution >= 0.6 is 11.3 Å². The fourth-order valence-electron chi connectivity index (χ4n) is 3.01. The number of anilines is 1. The molecule has 0 radical (unpaired) electrons. The average Bonchev–Trinajstić information content (AvgIpc) is 2.88. The fourth-order valence-corrected chi connectivity index (χ4v) is 3.98. The van der Waals surface area contributed by atoms with Crippen molar-refractivity contribution in [2.75, 3.05) is 5.32 Å². The number of nitrogens with one attached hydrogen (secondary N) is 1. The molecule has 2 aromatic heterocycles. The number of hydrogen-bond donors (Lipinski definition) is 1. The summed E-state index contributed by atoms with van der Waals surface area (Å²) in [6, 6.07) is 6.15. The predicted octanol–water partition coefficient (Wildman–Crippen LogP) is 5.80. The van der Waals surface area contributed by atoms with E-state index in [9.17, 15) is 4.79 Å². The van der Waals surface area contributed by atoms with Crippen LogP contribution in [0.2, 0.25) is 0 Å². The maximum Gasteiger partial charge on any atom is 0.412 e. The number of carbonyl (C=O) groups is 1. The Morgan fingerprint density at radius 3 is 2.37 bits per heavy atom. The fraction of sp³-hybridized carbons (Fsp3) is 0.545. The topological polar surface area (TPSA) is 42.2 Å². The molecule has 5 heteroatoms. The van der Waals surface area contributed by atoms with Gasteiger partial charge in [0.05, 0.1) is 5.69 Å². The summed E-state index contributed by atoms with van der Waals surface area (Å²) in [4.78, 5) is 14.7. The Bertz CT molecular complexity index is 730. The summed E-state index contributed by atoms with van der Waals surface area (Å²) in [5, 5.41) is 2.76. The summed E-state index contributed by atoms with van der Waals surface area (Å²) >= 11 is 1.90. The van der Waals surface area contributed by atoms with Gasteiger partial charge in [0, 0.05) is 28.3 Å². The van der Waals surface area contributed by atoms with E-state index in [0.717, 1.165) is 12.2 Å². The monoisotopic (exact) mass is 389 g/mol. The molecule has 0 atom stereocenters. The Labute approximate surface area is 167 Å². The number of aryl methyl sites for hydroxylation is 4.